The van der Waals surface area contributed by atoms with Gasteiger partial charge < -0.3 is 17.2 Å². The van der Waals surface area contributed by atoms with Gasteiger partial charge in [-0.15, -0.1) is 0 Å². The summed E-state index contributed by atoms with van der Waals surface area (Å²) in [5, 5.41) is 0. The zero-order valence-electron chi connectivity index (χ0n) is 7.11. The van der Waals surface area contributed by atoms with Gasteiger partial charge in [0.1, 0.15) is 0 Å². The maximum absolute atomic E-state index is 5.77. The predicted octanol–water partition coefficient (Wildman–Crippen LogP) is 1.81. The van der Waals surface area contributed by atoms with Gasteiger partial charge in [0.15, 0.2) is 0 Å². The maximum Gasteiger partial charge on any atom is 0.0716 e. The van der Waals surface area contributed by atoms with Gasteiger partial charge in [0.05, 0.1) is 21.5 Å². The van der Waals surface area contributed by atoms with E-state index in [1.807, 2.05) is 13.8 Å². The van der Waals surface area contributed by atoms with Crippen LogP contribution in [0.25, 0.3) is 0 Å². The molecule has 12 heavy (non-hydrogen) atoms. The molecule has 0 saturated heterocycles. The van der Waals surface area contributed by atoms with Gasteiger partial charge in [0.25, 0.3) is 0 Å². The van der Waals surface area contributed by atoms with E-state index in [1.54, 1.807) is 0 Å². The molecule has 3 nitrogen and oxygen atoms in total. The van der Waals surface area contributed by atoms with Crippen LogP contribution < -0.4 is 17.2 Å². The fraction of sp³-hybridized carbons (Fsp3) is 0.250. The van der Waals surface area contributed by atoms with Crippen molar-refractivity contribution in [1.29, 1.82) is 0 Å². The van der Waals surface area contributed by atoms with Crippen molar-refractivity contribution in [3.05, 3.63) is 15.6 Å². The molecule has 0 aliphatic carbocycles. The molecule has 0 aromatic heterocycles. The summed E-state index contributed by atoms with van der Waals surface area (Å²) >= 11 is 3.28. The third-order valence-electron chi connectivity index (χ3n) is 2.13. The van der Waals surface area contributed by atoms with Crippen molar-refractivity contribution >= 4 is 33.0 Å². The topological polar surface area (TPSA) is 78.1 Å². The molecule has 66 valence electrons. The molecular weight excluding hydrogens is 218 g/mol. The summed E-state index contributed by atoms with van der Waals surface area (Å²) in [6.45, 7) is 3.83. The van der Waals surface area contributed by atoms with Crippen molar-refractivity contribution in [3.8, 4) is 0 Å². The van der Waals surface area contributed by atoms with Crippen molar-refractivity contribution in [1.82, 2.24) is 0 Å². The van der Waals surface area contributed by atoms with Crippen LogP contribution in [0.15, 0.2) is 4.47 Å². The minimum Gasteiger partial charge on any atom is -0.398 e. The zero-order valence-corrected chi connectivity index (χ0v) is 8.70. The Hall–Kier alpha value is -0.900. The first-order valence-corrected chi connectivity index (χ1v) is 4.35. The molecule has 1 aromatic rings. The van der Waals surface area contributed by atoms with Gasteiger partial charge in [-0.2, -0.15) is 0 Å². The molecule has 0 heterocycles. The van der Waals surface area contributed by atoms with Crippen molar-refractivity contribution in [2.24, 2.45) is 0 Å². The van der Waals surface area contributed by atoms with E-state index in [0.717, 1.165) is 11.1 Å². The number of nitrogens with two attached hydrogens (primary N) is 3. The third-order valence-corrected chi connectivity index (χ3v) is 2.99. The Bertz CT molecular complexity index is 229. The fourth-order valence-electron chi connectivity index (χ4n) is 1.03. The Balaban J connectivity index is 3.60. The summed E-state index contributed by atoms with van der Waals surface area (Å²) in [4.78, 5) is 0. The lowest BCUT2D eigenvalue weighted by molar-refractivity contribution is 1.34. The third kappa shape index (κ3) is 1.12. The average Bonchev–Trinajstić information content (AvgIpc) is 2.08. The molecule has 0 saturated carbocycles. The normalized spacial score (nSPS) is 10.2. The Morgan fingerprint density at radius 1 is 0.833 bits per heavy atom. The molecule has 0 unspecified atom stereocenters. The lowest BCUT2D eigenvalue weighted by atomic mass is 10.0. The molecule has 1 rings (SSSR count). The molecular formula is C8H12BrN3. The zero-order chi connectivity index (χ0) is 9.46. The minimum atomic E-state index is 0.524. The smallest absolute Gasteiger partial charge is 0.0716 e. The van der Waals surface area contributed by atoms with E-state index >= 15 is 0 Å². The highest BCUT2D eigenvalue weighted by Gasteiger charge is 2.11. The van der Waals surface area contributed by atoms with Crippen LogP contribution in [0.2, 0.25) is 0 Å². The van der Waals surface area contributed by atoms with E-state index < -0.39 is 0 Å². The largest absolute Gasteiger partial charge is 0.398 e. The standard InChI is InChI=1S/C8H12BrN3/c1-3-4(2)7(11)8(12)5(9)6(3)10/h10-12H2,1-2H3. The quantitative estimate of drug-likeness (QED) is 0.594. The van der Waals surface area contributed by atoms with Gasteiger partial charge in [-0.1, -0.05) is 0 Å². The predicted molar refractivity (Wildman–Crippen MR) is 56.9 cm³/mol. The number of hydrogen-bond donors (Lipinski definition) is 3. The first-order chi connectivity index (χ1) is 5.46. The summed E-state index contributed by atoms with van der Waals surface area (Å²) in [6.07, 6.45) is 0. The van der Waals surface area contributed by atoms with Gasteiger partial charge in [-0.25, -0.2) is 0 Å². The number of anilines is 3. The summed E-state index contributed by atoms with van der Waals surface area (Å²) in [5.74, 6) is 0. The highest BCUT2D eigenvalue weighted by Crippen LogP contribution is 2.36. The van der Waals surface area contributed by atoms with Crippen molar-refractivity contribution in [2.75, 3.05) is 17.2 Å². The fourth-order valence-corrected chi connectivity index (χ4v) is 1.54. The number of nitrogen functional groups attached to an aromatic ring is 3. The average molecular weight is 230 g/mol. The molecule has 0 radical (unpaired) electrons. The summed E-state index contributed by atoms with van der Waals surface area (Å²) in [6, 6.07) is 0. The van der Waals surface area contributed by atoms with E-state index in [1.165, 1.54) is 0 Å². The monoisotopic (exact) mass is 229 g/mol. The maximum atomic E-state index is 5.77. The van der Waals surface area contributed by atoms with Gasteiger partial charge in [0, 0.05) is 0 Å². The van der Waals surface area contributed by atoms with Crippen LogP contribution in [-0.4, -0.2) is 0 Å². The number of hydrogen-bond acceptors (Lipinski definition) is 3. The molecule has 0 atom stereocenters. The van der Waals surface area contributed by atoms with Gasteiger partial charge in [0.2, 0.25) is 0 Å². The second-order valence-electron chi connectivity index (χ2n) is 2.81. The first-order valence-electron chi connectivity index (χ1n) is 3.56. The minimum absolute atomic E-state index is 0.524. The van der Waals surface area contributed by atoms with Crippen LogP contribution >= 0.6 is 15.9 Å². The van der Waals surface area contributed by atoms with Crippen molar-refractivity contribution in [3.63, 3.8) is 0 Å². The van der Waals surface area contributed by atoms with E-state index in [4.69, 9.17) is 17.2 Å². The molecule has 0 amide bonds. The molecule has 4 heteroatoms. The SMILES string of the molecule is Cc1c(C)c(N)c(Br)c(N)c1N. The molecule has 0 aliphatic rings. The molecule has 0 fully saturated rings. The van der Waals surface area contributed by atoms with Crippen LogP contribution in [-0.2, 0) is 0 Å². The molecule has 0 aliphatic heterocycles. The highest BCUT2D eigenvalue weighted by atomic mass is 79.9. The molecule has 1 aromatic carbocycles. The van der Waals surface area contributed by atoms with E-state index in [2.05, 4.69) is 15.9 Å². The van der Waals surface area contributed by atoms with Crippen LogP contribution in [0, 0.1) is 13.8 Å². The van der Waals surface area contributed by atoms with Crippen molar-refractivity contribution < 1.29 is 0 Å². The Morgan fingerprint density at radius 2 is 1.25 bits per heavy atom. The molecule has 6 N–H and O–H groups in total. The highest BCUT2D eigenvalue weighted by molar-refractivity contribution is 9.10. The van der Waals surface area contributed by atoms with Gasteiger partial charge in [-0.3, -0.25) is 0 Å². The number of benzene rings is 1. The number of rotatable bonds is 0. The lowest BCUT2D eigenvalue weighted by Gasteiger charge is -2.13. The van der Waals surface area contributed by atoms with Gasteiger partial charge >= 0.3 is 0 Å². The summed E-state index contributed by atoms with van der Waals surface area (Å²) < 4.78 is 0.697. The van der Waals surface area contributed by atoms with Gasteiger partial charge in [-0.05, 0) is 40.9 Å². The summed E-state index contributed by atoms with van der Waals surface area (Å²) in [7, 11) is 0. The van der Waals surface area contributed by atoms with Crippen LogP contribution in [0.4, 0.5) is 17.1 Å². The Labute approximate surface area is 80.0 Å². The van der Waals surface area contributed by atoms with Crippen LogP contribution in [0.5, 0.6) is 0 Å². The van der Waals surface area contributed by atoms with Crippen LogP contribution in [0.1, 0.15) is 11.1 Å². The number of halogens is 1. The van der Waals surface area contributed by atoms with Crippen molar-refractivity contribution in [2.45, 2.75) is 13.8 Å². The van der Waals surface area contributed by atoms with E-state index in [-0.39, 0.29) is 0 Å². The first kappa shape index (κ1) is 9.19. The van der Waals surface area contributed by atoms with E-state index in [0.29, 0.717) is 21.5 Å². The second-order valence-corrected chi connectivity index (χ2v) is 3.60. The lowest BCUT2D eigenvalue weighted by Crippen LogP contribution is -2.04. The molecule has 0 spiro atoms. The summed E-state index contributed by atoms with van der Waals surface area (Å²) in [5.41, 5.74) is 20.9. The van der Waals surface area contributed by atoms with E-state index in [9.17, 15) is 0 Å². The van der Waals surface area contributed by atoms with Crippen LogP contribution in [0.3, 0.4) is 0 Å². The second kappa shape index (κ2) is 2.86. The Morgan fingerprint density at radius 3 is 1.75 bits per heavy atom. The molecule has 0 bridgehead atoms. The Kier molecular flexibility index (Phi) is 2.19.